The van der Waals surface area contributed by atoms with E-state index in [-0.39, 0.29) is 5.78 Å². The molecule has 1 aromatic carbocycles. The van der Waals surface area contributed by atoms with Crippen LogP contribution >= 0.6 is 15.9 Å². The highest BCUT2D eigenvalue weighted by molar-refractivity contribution is 9.10. The van der Waals surface area contributed by atoms with E-state index in [1.54, 1.807) is 12.3 Å². The van der Waals surface area contributed by atoms with Crippen molar-refractivity contribution in [2.24, 2.45) is 0 Å². The highest BCUT2D eigenvalue weighted by atomic mass is 79.9. The number of carbonyl (C=O) groups is 1. The first-order valence-corrected chi connectivity index (χ1v) is 7.06. The summed E-state index contributed by atoms with van der Waals surface area (Å²) in [6, 6.07) is 5.55. The Morgan fingerprint density at radius 2 is 2.21 bits per heavy atom. The molecule has 0 bridgehead atoms. The summed E-state index contributed by atoms with van der Waals surface area (Å²) in [4.78, 5) is 12.6. The SMILES string of the molecule is CCc1occc1C(=O)c1cc(Br)cc2c1OCC2. The van der Waals surface area contributed by atoms with Crippen molar-refractivity contribution in [2.45, 2.75) is 19.8 Å². The molecular formula is C15H13BrO3. The van der Waals surface area contributed by atoms with Gasteiger partial charge in [0.2, 0.25) is 0 Å². The van der Waals surface area contributed by atoms with Gasteiger partial charge in [0.05, 0.1) is 24.0 Å². The lowest BCUT2D eigenvalue weighted by Gasteiger charge is -2.08. The van der Waals surface area contributed by atoms with Crippen LogP contribution in [0.2, 0.25) is 0 Å². The van der Waals surface area contributed by atoms with Crippen LogP contribution in [0.1, 0.15) is 34.2 Å². The van der Waals surface area contributed by atoms with Gasteiger partial charge in [-0.1, -0.05) is 22.9 Å². The van der Waals surface area contributed by atoms with Crippen molar-refractivity contribution in [3.8, 4) is 5.75 Å². The molecule has 0 N–H and O–H groups in total. The fraction of sp³-hybridized carbons (Fsp3) is 0.267. The minimum Gasteiger partial charge on any atom is -0.492 e. The molecule has 0 atom stereocenters. The zero-order valence-electron chi connectivity index (χ0n) is 10.5. The van der Waals surface area contributed by atoms with E-state index in [1.807, 2.05) is 19.1 Å². The molecule has 0 saturated carbocycles. The Labute approximate surface area is 119 Å². The van der Waals surface area contributed by atoms with Gasteiger partial charge in [-0.25, -0.2) is 0 Å². The van der Waals surface area contributed by atoms with E-state index < -0.39 is 0 Å². The molecule has 0 unspecified atom stereocenters. The fourth-order valence-corrected chi connectivity index (χ4v) is 2.90. The summed E-state index contributed by atoms with van der Waals surface area (Å²) < 4.78 is 11.8. The largest absolute Gasteiger partial charge is 0.492 e. The van der Waals surface area contributed by atoms with E-state index >= 15 is 0 Å². The number of furan rings is 1. The molecule has 3 rings (SSSR count). The van der Waals surface area contributed by atoms with Crippen LogP contribution in [0.3, 0.4) is 0 Å². The summed E-state index contributed by atoms with van der Waals surface area (Å²) >= 11 is 3.45. The smallest absolute Gasteiger partial charge is 0.200 e. The topological polar surface area (TPSA) is 39.4 Å². The number of rotatable bonds is 3. The third kappa shape index (κ3) is 2.10. The van der Waals surface area contributed by atoms with Crippen molar-refractivity contribution in [3.05, 3.63) is 51.4 Å². The maximum Gasteiger partial charge on any atom is 0.200 e. The Hall–Kier alpha value is -1.55. The molecule has 4 heteroatoms. The molecule has 2 heterocycles. The number of benzene rings is 1. The first-order valence-electron chi connectivity index (χ1n) is 6.27. The number of ether oxygens (including phenoxy) is 1. The minimum absolute atomic E-state index is 0.0370. The zero-order valence-corrected chi connectivity index (χ0v) is 12.1. The maximum atomic E-state index is 12.6. The van der Waals surface area contributed by atoms with Crippen LogP contribution < -0.4 is 4.74 Å². The molecule has 1 aliphatic rings. The van der Waals surface area contributed by atoms with Gasteiger partial charge in [0.15, 0.2) is 5.78 Å². The number of halogens is 1. The van der Waals surface area contributed by atoms with Crippen molar-refractivity contribution in [1.29, 1.82) is 0 Å². The highest BCUT2D eigenvalue weighted by Gasteiger charge is 2.24. The molecule has 0 amide bonds. The van der Waals surface area contributed by atoms with E-state index in [0.717, 1.165) is 28.0 Å². The Bertz CT molecular complexity index is 643. The molecule has 1 aliphatic heterocycles. The fourth-order valence-electron chi connectivity index (χ4n) is 2.40. The van der Waals surface area contributed by atoms with Gasteiger partial charge in [-0.2, -0.15) is 0 Å². The van der Waals surface area contributed by atoms with Gasteiger partial charge in [0.1, 0.15) is 11.5 Å². The van der Waals surface area contributed by atoms with Crippen LogP contribution in [0.5, 0.6) is 5.75 Å². The van der Waals surface area contributed by atoms with E-state index in [4.69, 9.17) is 9.15 Å². The third-order valence-corrected chi connectivity index (χ3v) is 3.76. The second-order valence-electron chi connectivity index (χ2n) is 4.48. The summed E-state index contributed by atoms with van der Waals surface area (Å²) in [5, 5.41) is 0. The summed E-state index contributed by atoms with van der Waals surface area (Å²) in [6.45, 7) is 2.61. The number of hydrogen-bond acceptors (Lipinski definition) is 3. The Morgan fingerprint density at radius 1 is 1.37 bits per heavy atom. The van der Waals surface area contributed by atoms with Gasteiger partial charge in [-0.3, -0.25) is 4.79 Å². The Kier molecular flexibility index (Phi) is 3.19. The molecule has 0 fully saturated rings. The molecule has 3 nitrogen and oxygen atoms in total. The normalized spacial score (nSPS) is 13.2. The lowest BCUT2D eigenvalue weighted by atomic mass is 9.99. The quantitative estimate of drug-likeness (QED) is 0.808. The van der Waals surface area contributed by atoms with Crippen LogP contribution in [0.15, 0.2) is 33.4 Å². The van der Waals surface area contributed by atoms with Gasteiger partial charge in [-0.15, -0.1) is 0 Å². The van der Waals surface area contributed by atoms with Crippen molar-refractivity contribution < 1.29 is 13.9 Å². The summed E-state index contributed by atoms with van der Waals surface area (Å²) in [5.41, 5.74) is 2.32. The summed E-state index contributed by atoms with van der Waals surface area (Å²) in [5.74, 6) is 1.40. The standard InChI is InChI=1S/C15H13BrO3/c1-2-13-11(4-6-18-13)14(17)12-8-10(16)7-9-3-5-19-15(9)12/h4,6-8H,2-3,5H2,1H3. The molecule has 0 radical (unpaired) electrons. The van der Waals surface area contributed by atoms with E-state index in [1.165, 1.54) is 0 Å². The molecule has 0 spiro atoms. The van der Waals surface area contributed by atoms with Crippen LogP contribution in [0, 0.1) is 0 Å². The lowest BCUT2D eigenvalue weighted by molar-refractivity contribution is 0.103. The molecule has 2 aromatic rings. The van der Waals surface area contributed by atoms with Gasteiger partial charge in [-0.05, 0) is 23.8 Å². The third-order valence-electron chi connectivity index (χ3n) is 3.30. The Morgan fingerprint density at radius 3 is 3.00 bits per heavy atom. The van der Waals surface area contributed by atoms with Crippen LogP contribution in [-0.4, -0.2) is 12.4 Å². The van der Waals surface area contributed by atoms with Crippen LogP contribution in [0.25, 0.3) is 0 Å². The summed E-state index contributed by atoms with van der Waals surface area (Å²) in [6.07, 6.45) is 3.11. The highest BCUT2D eigenvalue weighted by Crippen LogP contribution is 2.34. The number of ketones is 1. The van der Waals surface area contributed by atoms with Crippen molar-refractivity contribution >= 4 is 21.7 Å². The second-order valence-corrected chi connectivity index (χ2v) is 5.40. The van der Waals surface area contributed by atoms with Crippen molar-refractivity contribution in [3.63, 3.8) is 0 Å². The van der Waals surface area contributed by atoms with E-state index in [9.17, 15) is 4.79 Å². The van der Waals surface area contributed by atoms with Crippen LogP contribution in [-0.2, 0) is 12.8 Å². The number of aryl methyl sites for hydroxylation is 1. The minimum atomic E-state index is -0.0370. The average Bonchev–Trinajstić information content (AvgIpc) is 3.04. The maximum absolute atomic E-state index is 12.6. The van der Waals surface area contributed by atoms with Crippen molar-refractivity contribution in [2.75, 3.05) is 6.61 Å². The van der Waals surface area contributed by atoms with E-state index in [2.05, 4.69) is 15.9 Å². The average molecular weight is 321 g/mol. The molecule has 19 heavy (non-hydrogen) atoms. The summed E-state index contributed by atoms with van der Waals surface area (Å²) in [7, 11) is 0. The number of hydrogen-bond donors (Lipinski definition) is 0. The predicted molar refractivity (Wildman–Crippen MR) is 74.9 cm³/mol. The van der Waals surface area contributed by atoms with Gasteiger partial charge in [0.25, 0.3) is 0 Å². The second kappa shape index (κ2) is 4.85. The molecule has 0 saturated heterocycles. The van der Waals surface area contributed by atoms with Gasteiger partial charge < -0.3 is 9.15 Å². The lowest BCUT2D eigenvalue weighted by Crippen LogP contribution is -2.05. The monoisotopic (exact) mass is 320 g/mol. The molecule has 0 aliphatic carbocycles. The molecular weight excluding hydrogens is 308 g/mol. The Balaban J connectivity index is 2.10. The van der Waals surface area contributed by atoms with Crippen molar-refractivity contribution in [1.82, 2.24) is 0 Å². The van der Waals surface area contributed by atoms with Gasteiger partial charge in [0, 0.05) is 17.3 Å². The predicted octanol–water partition coefficient (Wildman–Crippen LogP) is 3.77. The number of fused-ring (bicyclic) bond motifs is 1. The van der Waals surface area contributed by atoms with Crippen LogP contribution in [0.4, 0.5) is 0 Å². The first-order chi connectivity index (χ1) is 9.20. The zero-order chi connectivity index (χ0) is 13.4. The first kappa shape index (κ1) is 12.5. The van der Waals surface area contributed by atoms with E-state index in [0.29, 0.717) is 24.2 Å². The number of carbonyl (C=O) groups excluding carboxylic acids is 1. The molecule has 98 valence electrons. The molecule has 1 aromatic heterocycles. The van der Waals surface area contributed by atoms with Gasteiger partial charge >= 0.3 is 0 Å².